The van der Waals surface area contributed by atoms with Crippen LogP contribution in [0.4, 0.5) is 11.4 Å². The molecule has 1 heterocycles. The van der Waals surface area contributed by atoms with E-state index in [4.69, 9.17) is 0 Å². The summed E-state index contributed by atoms with van der Waals surface area (Å²) in [4.78, 5) is 23.7. The number of hydrogen-bond donors (Lipinski definition) is 3. The van der Waals surface area contributed by atoms with Crippen LogP contribution in [0, 0.1) is 12.3 Å². The van der Waals surface area contributed by atoms with Crippen molar-refractivity contribution in [2.24, 2.45) is 5.41 Å². The molecule has 0 radical (unpaired) electrons. The first kappa shape index (κ1) is 15.5. The second-order valence-electron chi connectivity index (χ2n) is 5.98. The molecule has 0 bridgehead atoms. The Hall–Kier alpha value is -1.88. The summed E-state index contributed by atoms with van der Waals surface area (Å²) in [6.07, 6.45) is 1.67. The van der Waals surface area contributed by atoms with Crippen molar-refractivity contribution < 1.29 is 9.59 Å². The third-order valence-electron chi connectivity index (χ3n) is 4.06. The summed E-state index contributed by atoms with van der Waals surface area (Å²) < 4.78 is 0. The lowest BCUT2D eigenvalue weighted by atomic mass is 9.80. The molecule has 5 nitrogen and oxygen atoms in total. The molecule has 0 atom stereocenters. The highest BCUT2D eigenvalue weighted by atomic mass is 16.2. The molecule has 0 unspecified atom stereocenters. The highest BCUT2D eigenvalue weighted by Crippen LogP contribution is 2.30. The molecule has 0 aliphatic carbocycles. The van der Waals surface area contributed by atoms with Gasteiger partial charge in [0.1, 0.15) is 0 Å². The van der Waals surface area contributed by atoms with E-state index in [0.717, 1.165) is 37.2 Å². The van der Waals surface area contributed by atoms with Crippen LogP contribution in [0.3, 0.4) is 0 Å². The predicted octanol–water partition coefficient (Wildman–Crippen LogP) is 2.28. The van der Waals surface area contributed by atoms with Gasteiger partial charge in [0.15, 0.2) is 0 Å². The maximum atomic E-state index is 12.5. The Labute approximate surface area is 125 Å². The van der Waals surface area contributed by atoms with E-state index in [1.165, 1.54) is 6.92 Å². The largest absolute Gasteiger partial charge is 0.326 e. The maximum Gasteiger partial charge on any atom is 0.230 e. The Morgan fingerprint density at radius 2 is 1.86 bits per heavy atom. The number of carbonyl (C=O) groups is 2. The molecule has 2 amide bonds. The molecule has 1 aliphatic heterocycles. The fraction of sp³-hybridized carbons (Fsp3) is 0.500. The van der Waals surface area contributed by atoms with Gasteiger partial charge in [-0.2, -0.15) is 0 Å². The molecule has 21 heavy (non-hydrogen) atoms. The third-order valence-corrected chi connectivity index (χ3v) is 4.06. The number of nitrogens with one attached hydrogen (secondary N) is 3. The lowest BCUT2D eigenvalue weighted by Crippen LogP contribution is -2.42. The number of rotatable bonds is 3. The van der Waals surface area contributed by atoms with Crippen molar-refractivity contribution in [3.8, 4) is 0 Å². The molecule has 0 saturated carbocycles. The number of anilines is 2. The first-order chi connectivity index (χ1) is 9.90. The number of hydrogen-bond acceptors (Lipinski definition) is 3. The van der Waals surface area contributed by atoms with E-state index < -0.39 is 0 Å². The van der Waals surface area contributed by atoms with Gasteiger partial charge in [0, 0.05) is 23.7 Å². The second kappa shape index (κ2) is 6.26. The van der Waals surface area contributed by atoms with E-state index in [0.29, 0.717) is 5.69 Å². The lowest BCUT2D eigenvalue weighted by molar-refractivity contribution is -0.126. The van der Waals surface area contributed by atoms with Crippen LogP contribution in [0.1, 0.15) is 32.3 Å². The molecule has 5 heteroatoms. The molecule has 1 saturated heterocycles. The molecule has 1 aromatic rings. The van der Waals surface area contributed by atoms with Gasteiger partial charge < -0.3 is 16.0 Å². The number of carbonyl (C=O) groups excluding carboxylic acids is 2. The normalized spacial score (nSPS) is 17.1. The van der Waals surface area contributed by atoms with Crippen LogP contribution in [0.25, 0.3) is 0 Å². The number of amides is 2. The van der Waals surface area contributed by atoms with Gasteiger partial charge >= 0.3 is 0 Å². The van der Waals surface area contributed by atoms with Crippen LogP contribution in [0.15, 0.2) is 18.2 Å². The van der Waals surface area contributed by atoms with Crippen molar-refractivity contribution in [2.45, 2.75) is 33.6 Å². The van der Waals surface area contributed by atoms with Crippen LogP contribution in [0.5, 0.6) is 0 Å². The average molecular weight is 289 g/mol. The molecule has 3 N–H and O–H groups in total. The minimum absolute atomic E-state index is 0.0482. The molecule has 114 valence electrons. The fourth-order valence-electron chi connectivity index (χ4n) is 2.52. The van der Waals surface area contributed by atoms with Crippen LogP contribution in [-0.4, -0.2) is 24.9 Å². The molecule has 0 aromatic heterocycles. The highest BCUT2D eigenvalue weighted by Gasteiger charge is 2.34. The molecule has 0 spiro atoms. The molecular weight excluding hydrogens is 266 g/mol. The van der Waals surface area contributed by atoms with Crippen molar-refractivity contribution in [3.63, 3.8) is 0 Å². The Morgan fingerprint density at radius 1 is 1.19 bits per heavy atom. The summed E-state index contributed by atoms with van der Waals surface area (Å²) in [5, 5.41) is 9.02. The summed E-state index contributed by atoms with van der Waals surface area (Å²) in [5.41, 5.74) is 2.10. The van der Waals surface area contributed by atoms with Gasteiger partial charge in [-0.25, -0.2) is 0 Å². The first-order valence-electron chi connectivity index (χ1n) is 7.31. The summed E-state index contributed by atoms with van der Waals surface area (Å²) >= 11 is 0. The molecule has 1 aliphatic rings. The van der Waals surface area contributed by atoms with Crippen LogP contribution >= 0.6 is 0 Å². The van der Waals surface area contributed by atoms with Crippen molar-refractivity contribution in [2.75, 3.05) is 23.7 Å². The SMILES string of the molecule is CC(=O)Nc1ccc(C)c(NC(=O)C2(C)CCNCC2)c1. The van der Waals surface area contributed by atoms with E-state index in [9.17, 15) is 9.59 Å². The Balaban J connectivity index is 2.14. The maximum absolute atomic E-state index is 12.5. The molecule has 1 aromatic carbocycles. The summed E-state index contributed by atoms with van der Waals surface area (Å²) in [6.45, 7) is 7.16. The van der Waals surface area contributed by atoms with Crippen LogP contribution in [0.2, 0.25) is 0 Å². The minimum atomic E-state index is -0.332. The molecular formula is C16H23N3O2. The van der Waals surface area contributed by atoms with E-state index in [1.54, 1.807) is 6.07 Å². The standard InChI is InChI=1S/C16H23N3O2/c1-11-4-5-13(18-12(2)20)10-14(11)19-15(21)16(3)6-8-17-9-7-16/h4-5,10,17H,6-9H2,1-3H3,(H,18,20)(H,19,21). The van der Waals surface area contributed by atoms with Crippen LogP contribution < -0.4 is 16.0 Å². The van der Waals surface area contributed by atoms with E-state index in [-0.39, 0.29) is 17.2 Å². The summed E-state index contributed by atoms with van der Waals surface area (Å²) in [6, 6.07) is 5.53. The van der Waals surface area contributed by atoms with Gasteiger partial charge in [-0.15, -0.1) is 0 Å². The van der Waals surface area contributed by atoms with Gasteiger partial charge in [0.25, 0.3) is 0 Å². The van der Waals surface area contributed by atoms with E-state index in [1.807, 2.05) is 26.0 Å². The van der Waals surface area contributed by atoms with Crippen molar-refractivity contribution in [1.82, 2.24) is 5.32 Å². The van der Waals surface area contributed by atoms with Gasteiger partial charge in [0.2, 0.25) is 11.8 Å². The second-order valence-corrected chi connectivity index (χ2v) is 5.98. The van der Waals surface area contributed by atoms with Crippen LogP contribution in [-0.2, 0) is 9.59 Å². The number of benzene rings is 1. The zero-order valence-electron chi connectivity index (χ0n) is 12.9. The first-order valence-corrected chi connectivity index (χ1v) is 7.31. The zero-order chi connectivity index (χ0) is 15.5. The summed E-state index contributed by atoms with van der Waals surface area (Å²) in [7, 11) is 0. The zero-order valence-corrected chi connectivity index (χ0v) is 12.9. The monoisotopic (exact) mass is 289 g/mol. The topological polar surface area (TPSA) is 70.2 Å². The average Bonchev–Trinajstić information content (AvgIpc) is 2.42. The van der Waals surface area contributed by atoms with E-state index in [2.05, 4.69) is 16.0 Å². The van der Waals surface area contributed by atoms with E-state index >= 15 is 0 Å². The smallest absolute Gasteiger partial charge is 0.230 e. The highest BCUT2D eigenvalue weighted by molar-refractivity contribution is 5.97. The third kappa shape index (κ3) is 3.82. The molecule has 1 fully saturated rings. The minimum Gasteiger partial charge on any atom is -0.326 e. The Kier molecular flexibility index (Phi) is 4.63. The van der Waals surface area contributed by atoms with Crippen molar-refractivity contribution in [3.05, 3.63) is 23.8 Å². The number of aryl methyl sites for hydroxylation is 1. The van der Waals surface area contributed by atoms with Gasteiger partial charge in [-0.3, -0.25) is 9.59 Å². The Morgan fingerprint density at radius 3 is 2.48 bits per heavy atom. The van der Waals surface area contributed by atoms with Gasteiger partial charge in [-0.05, 0) is 50.6 Å². The van der Waals surface area contributed by atoms with Crippen molar-refractivity contribution >= 4 is 23.2 Å². The summed E-state index contributed by atoms with van der Waals surface area (Å²) in [5.74, 6) is -0.0754. The van der Waals surface area contributed by atoms with Crippen molar-refractivity contribution in [1.29, 1.82) is 0 Å². The lowest BCUT2D eigenvalue weighted by Gasteiger charge is -2.32. The fourth-order valence-corrected chi connectivity index (χ4v) is 2.52. The van der Waals surface area contributed by atoms with Gasteiger partial charge in [-0.1, -0.05) is 13.0 Å². The Bertz CT molecular complexity index is 548. The number of piperidine rings is 1. The quantitative estimate of drug-likeness (QED) is 0.799. The van der Waals surface area contributed by atoms with Gasteiger partial charge in [0.05, 0.1) is 0 Å². The molecule has 2 rings (SSSR count). The predicted molar refractivity (Wildman–Crippen MR) is 84.3 cm³/mol.